The SMILES string of the molecule is N#Cc1ccc(O[C@H]2CC[C@H](O)CC2)cc1C(F)(F)F. The molecule has 1 aliphatic carbocycles. The average molecular weight is 285 g/mol. The molecular formula is C14H14F3NO2. The minimum absolute atomic E-state index is 0.109. The second kappa shape index (κ2) is 5.71. The van der Waals surface area contributed by atoms with E-state index in [1.807, 2.05) is 0 Å². The minimum atomic E-state index is -4.58. The molecule has 6 heteroatoms. The maximum absolute atomic E-state index is 12.8. The van der Waals surface area contributed by atoms with Crippen LogP contribution in [0.4, 0.5) is 13.2 Å². The summed E-state index contributed by atoms with van der Waals surface area (Å²) in [6, 6.07) is 4.89. The molecule has 1 aliphatic rings. The van der Waals surface area contributed by atoms with E-state index in [0.717, 1.165) is 12.1 Å². The van der Waals surface area contributed by atoms with Crippen LogP contribution in [0.5, 0.6) is 5.75 Å². The van der Waals surface area contributed by atoms with Crippen LogP contribution in [0.3, 0.4) is 0 Å². The Kier molecular flexibility index (Phi) is 4.19. The van der Waals surface area contributed by atoms with Crippen LogP contribution in [0.2, 0.25) is 0 Å². The van der Waals surface area contributed by atoms with Crippen molar-refractivity contribution in [3.8, 4) is 11.8 Å². The van der Waals surface area contributed by atoms with Crippen molar-refractivity contribution in [2.45, 2.75) is 44.1 Å². The molecule has 1 fully saturated rings. The Balaban J connectivity index is 2.15. The van der Waals surface area contributed by atoms with Gasteiger partial charge in [-0.15, -0.1) is 0 Å². The Morgan fingerprint density at radius 2 is 1.85 bits per heavy atom. The highest BCUT2D eigenvalue weighted by atomic mass is 19.4. The lowest BCUT2D eigenvalue weighted by molar-refractivity contribution is -0.137. The zero-order valence-corrected chi connectivity index (χ0v) is 10.7. The largest absolute Gasteiger partial charge is 0.490 e. The quantitative estimate of drug-likeness (QED) is 0.907. The van der Waals surface area contributed by atoms with Gasteiger partial charge in [0.2, 0.25) is 0 Å². The highest BCUT2D eigenvalue weighted by molar-refractivity contribution is 5.44. The molecule has 1 aromatic rings. The van der Waals surface area contributed by atoms with Crippen LogP contribution in [0.15, 0.2) is 18.2 Å². The second-order valence-corrected chi connectivity index (χ2v) is 4.87. The van der Waals surface area contributed by atoms with E-state index in [4.69, 9.17) is 10.00 Å². The van der Waals surface area contributed by atoms with Crippen LogP contribution in [0.25, 0.3) is 0 Å². The lowest BCUT2D eigenvalue weighted by Crippen LogP contribution is -2.26. The lowest BCUT2D eigenvalue weighted by atomic mass is 9.95. The third-order valence-electron chi connectivity index (χ3n) is 3.36. The van der Waals surface area contributed by atoms with Crippen LogP contribution >= 0.6 is 0 Å². The van der Waals surface area contributed by atoms with E-state index in [9.17, 15) is 18.3 Å². The number of aliphatic hydroxyl groups excluding tert-OH is 1. The molecular weight excluding hydrogens is 271 g/mol. The molecule has 0 amide bonds. The van der Waals surface area contributed by atoms with Crippen LogP contribution in [0.1, 0.15) is 36.8 Å². The highest BCUT2D eigenvalue weighted by Crippen LogP contribution is 2.35. The molecule has 0 saturated heterocycles. The van der Waals surface area contributed by atoms with Gasteiger partial charge in [0, 0.05) is 0 Å². The number of nitriles is 1. The lowest BCUT2D eigenvalue weighted by Gasteiger charge is -2.26. The number of alkyl halides is 3. The van der Waals surface area contributed by atoms with Crippen LogP contribution in [-0.4, -0.2) is 17.3 Å². The number of rotatable bonds is 2. The van der Waals surface area contributed by atoms with Gasteiger partial charge in [-0.05, 0) is 43.9 Å². The van der Waals surface area contributed by atoms with Crippen molar-refractivity contribution in [1.82, 2.24) is 0 Å². The molecule has 1 saturated carbocycles. The van der Waals surface area contributed by atoms with Crippen molar-refractivity contribution < 1.29 is 23.0 Å². The molecule has 20 heavy (non-hydrogen) atoms. The molecule has 3 nitrogen and oxygen atoms in total. The van der Waals surface area contributed by atoms with E-state index >= 15 is 0 Å². The third-order valence-corrected chi connectivity index (χ3v) is 3.36. The Hall–Kier alpha value is -1.74. The topological polar surface area (TPSA) is 53.2 Å². The van der Waals surface area contributed by atoms with E-state index in [1.165, 1.54) is 12.1 Å². The first-order chi connectivity index (χ1) is 9.40. The predicted octanol–water partition coefficient (Wildman–Crippen LogP) is 3.26. The van der Waals surface area contributed by atoms with E-state index < -0.39 is 17.3 Å². The Morgan fingerprint density at radius 1 is 1.20 bits per heavy atom. The summed E-state index contributed by atoms with van der Waals surface area (Å²) in [6.45, 7) is 0. The smallest absolute Gasteiger partial charge is 0.417 e. The maximum Gasteiger partial charge on any atom is 0.417 e. The number of benzene rings is 1. The predicted molar refractivity (Wildman–Crippen MR) is 65.0 cm³/mol. The van der Waals surface area contributed by atoms with Gasteiger partial charge in [0.05, 0.1) is 29.4 Å². The van der Waals surface area contributed by atoms with Gasteiger partial charge in [-0.3, -0.25) is 0 Å². The third kappa shape index (κ3) is 3.42. The van der Waals surface area contributed by atoms with Gasteiger partial charge in [0.15, 0.2) is 0 Å². The number of hydrogen-bond donors (Lipinski definition) is 1. The van der Waals surface area contributed by atoms with E-state index in [2.05, 4.69) is 0 Å². The van der Waals surface area contributed by atoms with Gasteiger partial charge in [-0.1, -0.05) is 0 Å². The Morgan fingerprint density at radius 3 is 2.40 bits per heavy atom. The van der Waals surface area contributed by atoms with E-state index in [-0.39, 0.29) is 18.0 Å². The summed E-state index contributed by atoms with van der Waals surface area (Å²) in [5, 5.41) is 18.1. The first-order valence-corrected chi connectivity index (χ1v) is 6.36. The molecule has 0 aromatic heterocycles. The summed E-state index contributed by atoms with van der Waals surface area (Å²) in [5.74, 6) is 0.109. The van der Waals surface area contributed by atoms with Crippen molar-refractivity contribution in [2.24, 2.45) is 0 Å². The summed E-state index contributed by atoms with van der Waals surface area (Å²) in [5.41, 5.74) is -1.39. The van der Waals surface area contributed by atoms with E-state index in [1.54, 1.807) is 0 Å². The molecule has 0 spiro atoms. The first kappa shape index (κ1) is 14.7. The zero-order valence-electron chi connectivity index (χ0n) is 10.7. The summed E-state index contributed by atoms with van der Waals surface area (Å²) in [7, 11) is 0. The molecule has 0 heterocycles. The van der Waals surface area contributed by atoms with Gasteiger partial charge in [-0.2, -0.15) is 18.4 Å². The van der Waals surface area contributed by atoms with Crippen molar-refractivity contribution in [2.75, 3.05) is 0 Å². The molecule has 0 radical (unpaired) electrons. The summed E-state index contributed by atoms with van der Waals surface area (Å²) in [6.07, 6.45) is -2.70. The molecule has 0 atom stereocenters. The van der Waals surface area contributed by atoms with Crippen LogP contribution < -0.4 is 4.74 Å². The Labute approximate surface area is 114 Å². The summed E-state index contributed by atoms with van der Waals surface area (Å²) >= 11 is 0. The maximum atomic E-state index is 12.8. The highest BCUT2D eigenvalue weighted by Gasteiger charge is 2.34. The molecule has 2 rings (SSSR count). The number of ether oxygens (including phenoxy) is 1. The molecule has 1 N–H and O–H groups in total. The van der Waals surface area contributed by atoms with Gasteiger partial charge < -0.3 is 9.84 Å². The minimum Gasteiger partial charge on any atom is -0.490 e. The van der Waals surface area contributed by atoms with Crippen LogP contribution in [-0.2, 0) is 6.18 Å². The molecule has 0 unspecified atom stereocenters. The van der Waals surface area contributed by atoms with Gasteiger partial charge in [0.25, 0.3) is 0 Å². The number of nitrogens with zero attached hydrogens (tertiary/aromatic N) is 1. The van der Waals surface area contributed by atoms with Gasteiger partial charge >= 0.3 is 6.18 Å². The van der Waals surface area contributed by atoms with Crippen molar-refractivity contribution in [3.63, 3.8) is 0 Å². The summed E-state index contributed by atoms with van der Waals surface area (Å²) in [4.78, 5) is 0. The number of halogens is 3. The number of aliphatic hydroxyl groups is 1. The second-order valence-electron chi connectivity index (χ2n) is 4.87. The summed E-state index contributed by atoms with van der Waals surface area (Å²) < 4.78 is 43.9. The number of hydrogen-bond acceptors (Lipinski definition) is 3. The van der Waals surface area contributed by atoms with Gasteiger partial charge in [0.1, 0.15) is 5.75 Å². The van der Waals surface area contributed by atoms with Crippen molar-refractivity contribution in [1.29, 1.82) is 5.26 Å². The Bertz CT molecular complexity index is 514. The van der Waals surface area contributed by atoms with Crippen molar-refractivity contribution in [3.05, 3.63) is 29.3 Å². The zero-order chi connectivity index (χ0) is 14.8. The van der Waals surface area contributed by atoms with Crippen LogP contribution in [0, 0.1) is 11.3 Å². The normalized spacial score (nSPS) is 23.1. The van der Waals surface area contributed by atoms with Gasteiger partial charge in [-0.25, -0.2) is 0 Å². The molecule has 0 aliphatic heterocycles. The standard InChI is InChI=1S/C14H14F3NO2/c15-14(16,17)13-7-12(4-1-9(13)8-18)20-11-5-2-10(19)3-6-11/h1,4,7,10-11,19H,2-3,5-6H2/t10-,11-. The molecule has 108 valence electrons. The fraction of sp³-hybridized carbons (Fsp3) is 0.500. The monoisotopic (exact) mass is 285 g/mol. The molecule has 1 aromatic carbocycles. The van der Waals surface area contributed by atoms with E-state index in [0.29, 0.717) is 25.7 Å². The van der Waals surface area contributed by atoms with Crippen molar-refractivity contribution >= 4 is 0 Å². The molecule has 0 bridgehead atoms. The fourth-order valence-corrected chi connectivity index (χ4v) is 2.28. The first-order valence-electron chi connectivity index (χ1n) is 6.36. The fourth-order valence-electron chi connectivity index (χ4n) is 2.28. The average Bonchev–Trinajstić information content (AvgIpc) is 2.40.